The summed E-state index contributed by atoms with van der Waals surface area (Å²) in [5.41, 5.74) is 5.52. The van der Waals surface area contributed by atoms with E-state index in [0.29, 0.717) is 11.1 Å². The van der Waals surface area contributed by atoms with Crippen molar-refractivity contribution in [3.8, 4) is 6.07 Å². The Bertz CT molecular complexity index is 1040. The molecule has 0 saturated carbocycles. The fourth-order valence-electron chi connectivity index (χ4n) is 3.08. The molecule has 5 heteroatoms. The molecule has 5 nitrogen and oxygen atoms in total. The third-order valence-electron chi connectivity index (χ3n) is 4.61. The van der Waals surface area contributed by atoms with Crippen molar-refractivity contribution in [2.24, 2.45) is 0 Å². The third-order valence-corrected chi connectivity index (χ3v) is 4.61. The van der Waals surface area contributed by atoms with Gasteiger partial charge in [0.15, 0.2) is 0 Å². The van der Waals surface area contributed by atoms with Gasteiger partial charge in [-0.1, -0.05) is 30.3 Å². The van der Waals surface area contributed by atoms with E-state index < -0.39 is 4.92 Å². The summed E-state index contributed by atoms with van der Waals surface area (Å²) in [6.45, 7) is 4.85. The van der Waals surface area contributed by atoms with Crippen LogP contribution in [-0.2, 0) is 6.54 Å². The average molecular weight is 357 g/mol. The maximum atomic E-state index is 10.8. The molecule has 0 spiro atoms. The van der Waals surface area contributed by atoms with E-state index in [1.807, 2.05) is 38.1 Å². The van der Waals surface area contributed by atoms with E-state index in [-0.39, 0.29) is 5.69 Å². The van der Waals surface area contributed by atoms with Gasteiger partial charge in [0.1, 0.15) is 0 Å². The highest BCUT2D eigenvalue weighted by atomic mass is 16.6. The minimum atomic E-state index is -0.448. The zero-order chi connectivity index (χ0) is 19.4. The number of allylic oxidation sites excluding steroid dienone is 1. The highest BCUT2D eigenvalue weighted by Gasteiger charge is 2.11. The Hall–Kier alpha value is -3.65. The van der Waals surface area contributed by atoms with Crippen molar-refractivity contribution in [2.45, 2.75) is 20.4 Å². The topological polar surface area (TPSA) is 71.9 Å². The van der Waals surface area contributed by atoms with Crippen molar-refractivity contribution >= 4 is 17.3 Å². The molecule has 0 saturated heterocycles. The first kappa shape index (κ1) is 18.2. The van der Waals surface area contributed by atoms with Gasteiger partial charge in [-0.2, -0.15) is 5.26 Å². The molecule has 0 amide bonds. The lowest BCUT2D eigenvalue weighted by atomic mass is 10.0. The summed E-state index contributed by atoms with van der Waals surface area (Å²) in [7, 11) is 0. The van der Waals surface area contributed by atoms with Crippen LogP contribution in [0.1, 0.15) is 28.1 Å². The van der Waals surface area contributed by atoms with Crippen LogP contribution in [0.3, 0.4) is 0 Å². The minimum Gasteiger partial charge on any atom is -0.344 e. The van der Waals surface area contributed by atoms with Crippen LogP contribution in [-0.4, -0.2) is 9.49 Å². The molecule has 0 bridgehead atoms. The van der Waals surface area contributed by atoms with Crippen LogP contribution in [0.15, 0.2) is 60.7 Å². The van der Waals surface area contributed by atoms with E-state index in [4.69, 9.17) is 0 Å². The van der Waals surface area contributed by atoms with Gasteiger partial charge in [-0.25, -0.2) is 0 Å². The first-order chi connectivity index (χ1) is 13.0. The normalized spacial score (nSPS) is 11.2. The molecule has 1 heterocycles. The largest absolute Gasteiger partial charge is 0.344 e. The summed E-state index contributed by atoms with van der Waals surface area (Å²) >= 11 is 0. The molecule has 0 radical (unpaired) electrons. The highest BCUT2D eigenvalue weighted by molar-refractivity contribution is 5.90. The van der Waals surface area contributed by atoms with Crippen LogP contribution in [0.2, 0.25) is 0 Å². The van der Waals surface area contributed by atoms with Crippen LogP contribution < -0.4 is 0 Å². The molecule has 27 heavy (non-hydrogen) atoms. The minimum absolute atomic E-state index is 0.0112. The zero-order valence-corrected chi connectivity index (χ0v) is 15.2. The Balaban J connectivity index is 1.94. The van der Waals surface area contributed by atoms with E-state index in [1.165, 1.54) is 17.7 Å². The molecule has 0 aliphatic rings. The maximum absolute atomic E-state index is 10.8. The number of nitrogens with zero attached hydrogens (tertiary/aromatic N) is 3. The van der Waals surface area contributed by atoms with Crippen molar-refractivity contribution in [1.82, 2.24) is 4.57 Å². The molecule has 0 aliphatic carbocycles. The Morgan fingerprint density at radius 2 is 1.81 bits per heavy atom. The first-order valence-corrected chi connectivity index (χ1v) is 8.57. The summed E-state index contributed by atoms with van der Waals surface area (Å²) in [5.74, 6) is 0. The van der Waals surface area contributed by atoms with Gasteiger partial charge >= 0.3 is 0 Å². The number of rotatable bonds is 5. The number of benzene rings is 2. The Labute approximate surface area is 158 Å². The molecule has 1 aromatic heterocycles. The second-order valence-electron chi connectivity index (χ2n) is 6.37. The van der Waals surface area contributed by atoms with E-state index in [1.54, 1.807) is 12.1 Å². The monoisotopic (exact) mass is 357 g/mol. The number of nitro benzene ring substituents is 1. The van der Waals surface area contributed by atoms with Crippen LogP contribution in [0.4, 0.5) is 5.69 Å². The van der Waals surface area contributed by atoms with Crippen molar-refractivity contribution in [2.75, 3.05) is 0 Å². The number of nitriles is 1. The smallest absolute Gasteiger partial charge is 0.269 e. The number of aromatic nitrogens is 1. The van der Waals surface area contributed by atoms with Crippen molar-refractivity contribution in [3.63, 3.8) is 0 Å². The van der Waals surface area contributed by atoms with Gasteiger partial charge in [0.2, 0.25) is 0 Å². The van der Waals surface area contributed by atoms with Gasteiger partial charge in [0.05, 0.1) is 16.6 Å². The molecule has 0 N–H and O–H groups in total. The van der Waals surface area contributed by atoms with Crippen LogP contribution in [0, 0.1) is 35.3 Å². The van der Waals surface area contributed by atoms with E-state index in [0.717, 1.165) is 23.5 Å². The molecule has 3 rings (SSSR count). The second-order valence-corrected chi connectivity index (χ2v) is 6.37. The highest BCUT2D eigenvalue weighted by Crippen LogP contribution is 2.24. The number of hydrogen-bond donors (Lipinski definition) is 0. The summed E-state index contributed by atoms with van der Waals surface area (Å²) in [4.78, 5) is 10.4. The Kier molecular flexibility index (Phi) is 5.18. The molecular weight excluding hydrogens is 338 g/mol. The average Bonchev–Trinajstić information content (AvgIpc) is 2.94. The molecule has 134 valence electrons. The van der Waals surface area contributed by atoms with Gasteiger partial charge in [-0.15, -0.1) is 0 Å². The van der Waals surface area contributed by atoms with Gasteiger partial charge in [-0.3, -0.25) is 10.1 Å². The lowest BCUT2D eigenvalue weighted by Gasteiger charge is -2.09. The van der Waals surface area contributed by atoms with E-state index in [2.05, 4.69) is 28.8 Å². The first-order valence-electron chi connectivity index (χ1n) is 8.57. The molecule has 2 aromatic carbocycles. The maximum Gasteiger partial charge on any atom is 0.269 e. The standard InChI is InChI=1S/C22H19N3O2/c1-16-12-20(17(2)24(16)15-18-6-4-3-5-7-18)13-21(14-23)19-8-10-22(11-9-19)25(26)27/h3-13H,15H2,1-2H3/b21-13-. The van der Waals surface area contributed by atoms with Gasteiger partial charge in [0.25, 0.3) is 5.69 Å². The molecule has 0 aliphatic heterocycles. The third kappa shape index (κ3) is 3.96. The SMILES string of the molecule is Cc1cc(/C=C(/C#N)c2ccc([N+](=O)[O-])cc2)c(C)n1Cc1ccccc1. The lowest BCUT2D eigenvalue weighted by Crippen LogP contribution is -2.03. The Morgan fingerprint density at radius 1 is 1.15 bits per heavy atom. The van der Waals surface area contributed by atoms with E-state index >= 15 is 0 Å². The van der Waals surface area contributed by atoms with Gasteiger partial charge in [-0.05, 0) is 54.8 Å². The van der Waals surface area contributed by atoms with Crippen LogP contribution >= 0.6 is 0 Å². The van der Waals surface area contributed by atoms with Crippen molar-refractivity contribution in [1.29, 1.82) is 5.26 Å². The molecule has 3 aromatic rings. The van der Waals surface area contributed by atoms with Crippen molar-refractivity contribution < 1.29 is 4.92 Å². The summed E-state index contributed by atoms with van der Waals surface area (Å²) < 4.78 is 2.21. The number of aryl methyl sites for hydroxylation is 1. The van der Waals surface area contributed by atoms with Gasteiger partial charge < -0.3 is 4.57 Å². The number of nitro groups is 1. The fraction of sp³-hybridized carbons (Fsp3) is 0.136. The van der Waals surface area contributed by atoms with Crippen molar-refractivity contribution in [3.05, 3.63) is 98.9 Å². The predicted octanol–water partition coefficient (Wildman–Crippen LogP) is 5.13. The van der Waals surface area contributed by atoms with Crippen LogP contribution in [0.25, 0.3) is 11.6 Å². The molecule has 0 fully saturated rings. The Morgan fingerprint density at radius 3 is 2.41 bits per heavy atom. The fourth-order valence-corrected chi connectivity index (χ4v) is 3.08. The van der Waals surface area contributed by atoms with E-state index in [9.17, 15) is 15.4 Å². The van der Waals surface area contributed by atoms with Crippen LogP contribution in [0.5, 0.6) is 0 Å². The summed E-state index contributed by atoms with van der Waals surface area (Å²) in [5, 5.41) is 20.4. The molecule has 0 atom stereocenters. The van der Waals surface area contributed by atoms with Gasteiger partial charge in [0, 0.05) is 30.1 Å². The summed E-state index contributed by atoms with van der Waals surface area (Å²) in [6.07, 6.45) is 1.84. The second kappa shape index (κ2) is 7.71. The number of hydrogen-bond acceptors (Lipinski definition) is 3. The lowest BCUT2D eigenvalue weighted by molar-refractivity contribution is -0.384. The number of non-ortho nitro benzene ring substituents is 1. The summed E-state index contributed by atoms with van der Waals surface area (Å²) in [6, 6.07) is 20.5. The molecule has 0 unspecified atom stereocenters. The molecular formula is C22H19N3O2. The predicted molar refractivity (Wildman–Crippen MR) is 106 cm³/mol. The quantitative estimate of drug-likeness (QED) is 0.361. The zero-order valence-electron chi connectivity index (χ0n) is 15.2.